The van der Waals surface area contributed by atoms with Crippen LogP contribution in [0.15, 0.2) is 28.8 Å². The third kappa shape index (κ3) is 3.69. The second kappa shape index (κ2) is 6.21. The summed E-state index contributed by atoms with van der Waals surface area (Å²) in [4.78, 5) is 4.20. The van der Waals surface area contributed by atoms with Crippen LogP contribution in [0.4, 0.5) is 0 Å². The van der Waals surface area contributed by atoms with Crippen LogP contribution >= 0.6 is 11.6 Å². The highest BCUT2D eigenvalue weighted by atomic mass is 35.5. The Balaban J connectivity index is 1.97. The van der Waals surface area contributed by atoms with Crippen molar-refractivity contribution in [1.29, 1.82) is 0 Å². The van der Waals surface area contributed by atoms with E-state index >= 15 is 0 Å². The van der Waals surface area contributed by atoms with E-state index in [0.29, 0.717) is 29.1 Å². The second-order valence-corrected chi connectivity index (χ2v) is 5.04. The van der Waals surface area contributed by atoms with Crippen LogP contribution in [-0.2, 0) is 16.9 Å². The lowest BCUT2D eigenvalue weighted by atomic mass is 10.1. The Morgan fingerprint density at radius 1 is 1.35 bits per heavy atom. The van der Waals surface area contributed by atoms with Crippen molar-refractivity contribution in [3.63, 3.8) is 0 Å². The number of benzene rings is 1. The van der Waals surface area contributed by atoms with Gasteiger partial charge in [-0.1, -0.05) is 16.8 Å². The van der Waals surface area contributed by atoms with Crippen LogP contribution in [-0.4, -0.2) is 23.9 Å². The first kappa shape index (κ1) is 14.8. The Hall–Kier alpha value is -1.63. The van der Waals surface area contributed by atoms with Crippen molar-refractivity contribution in [1.82, 2.24) is 10.1 Å². The number of methoxy groups -OCH3 is 1. The van der Waals surface area contributed by atoms with E-state index in [2.05, 4.69) is 10.1 Å². The fraction of sp³-hybridized carbons (Fsp3) is 0.385. The normalized spacial score (nSPS) is 14.0. The van der Waals surface area contributed by atoms with E-state index in [9.17, 15) is 0 Å². The molecule has 0 fully saturated rings. The summed E-state index contributed by atoms with van der Waals surface area (Å²) < 4.78 is 15.6. The summed E-state index contributed by atoms with van der Waals surface area (Å²) in [5, 5.41) is 4.49. The van der Waals surface area contributed by atoms with Crippen LogP contribution < -0.4 is 10.5 Å². The molecule has 0 saturated heterocycles. The van der Waals surface area contributed by atoms with E-state index in [0.717, 1.165) is 0 Å². The van der Waals surface area contributed by atoms with Gasteiger partial charge in [-0.25, -0.2) is 0 Å². The third-order valence-corrected chi connectivity index (χ3v) is 2.85. The van der Waals surface area contributed by atoms with Crippen LogP contribution in [0, 0.1) is 0 Å². The molecule has 0 aliphatic rings. The topological polar surface area (TPSA) is 83.4 Å². The van der Waals surface area contributed by atoms with Gasteiger partial charge in [-0.15, -0.1) is 0 Å². The predicted octanol–water partition coefficient (Wildman–Crippen LogP) is 2.12. The molecule has 1 aromatic heterocycles. The molecule has 2 rings (SSSR count). The van der Waals surface area contributed by atoms with Crippen LogP contribution in [0.2, 0.25) is 5.02 Å². The minimum Gasteiger partial charge on any atom is -0.484 e. The number of halogens is 1. The first-order valence-corrected chi connectivity index (χ1v) is 6.38. The molecule has 7 heteroatoms. The van der Waals surface area contributed by atoms with Crippen molar-refractivity contribution in [3.8, 4) is 5.75 Å². The molecule has 1 aromatic carbocycles. The summed E-state index contributed by atoms with van der Waals surface area (Å²) in [6, 6.07) is 7.01. The highest BCUT2D eigenvalue weighted by Crippen LogP contribution is 2.18. The van der Waals surface area contributed by atoms with Gasteiger partial charge in [0, 0.05) is 12.1 Å². The molecular formula is C13H16ClN3O3. The van der Waals surface area contributed by atoms with Gasteiger partial charge in [0.2, 0.25) is 0 Å². The molecule has 0 radical (unpaired) electrons. The number of hydrogen-bond donors (Lipinski definition) is 1. The maximum absolute atomic E-state index is 6.02. The van der Waals surface area contributed by atoms with E-state index in [1.165, 1.54) is 0 Å². The number of nitrogens with zero attached hydrogens (tertiary/aromatic N) is 2. The number of rotatable bonds is 6. The lowest BCUT2D eigenvalue weighted by Gasteiger charge is -2.18. The molecule has 0 amide bonds. The van der Waals surface area contributed by atoms with Crippen LogP contribution in [0.5, 0.6) is 5.75 Å². The zero-order valence-corrected chi connectivity index (χ0v) is 12.1. The highest BCUT2D eigenvalue weighted by molar-refractivity contribution is 6.30. The highest BCUT2D eigenvalue weighted by Gasteiger charge is 2.27. The first-order valence-electron chi connectivity index (χ1n) is 6.00. The summed E-state index contributed by atoms with van der Waals surface area (Å²) in [5.74, 6) is 1.40. The molecule has 6 nitrogen and oxygen atoms in total. The quantitative estimate of drug-likeness (QED) is 0.879. The molecular weight excluding hydrogens is 282 g/mol. The van der Waals surface area contributed by atoms with Crippen molar-refractivity contribution in [2.24, 2.45) is 5.73 Å². The van der Waals surface area contributed by atoms with Crippen molar-refractivity contribution >= 4 is 11.6 Å². The van der Waals surface area contributed by atoms with E-state index in [4.69, 9.17) is 31.3 Å². The van der Waals surface area contributed by atoms with Crippen molar-refractivity contribution in [2.45, 2.75) is 19.1 Å². The van der Waals surface area contributed by atoms with Gasteiger partial charge in [0.25, 0.3) is 5.89 Å². The summed E-state index contributed by atoms with van der Waals surface area (Å²) in [6.45, 7) is 2.23. The van der Waals surface area contributed by atoms with Gasteiger partial charge in [0.15, 0.2) is 12.4 Å². The van der Waals surface area contributed by atoms with Crippen molar-refractivity contribution in [3.05, 3.63) is 41.0 Å². The molecule has 1 atom stereocenters. The van der Waals surface area contributed by atoms with Crippen LogP contribution in [0.25, 0.3) is 0 Å². The average Bonchev–Trinajstić information content (AvgIpc) is 2.88. The van der Waals surface area contributed by atoms with Gasteiger partial charge < -0.3 is 19.7 Å². The number of ether oxygens (including phenoxy) is 2. The molecule has 1 unspecified atom stereocenters. The molecule has 2 N–H and O–H groups in total. The fourth-order valence-electron chi connectivity index (χ4n) is 1.59. The molecule has 0 saturated carbocycles. The Kier molecular flexibility index (Phi) is 4.59. The summed E-state index contributed by atoms with van der Waals surface area (Å²) in [5.41, 5.74) is 5.23. The molecule has 0 aliphatic carbocycles. The van der Waals surface area contributed by atoms with Gasteiger partial charge in [-0.3, -0.25) is 0 Å². The maximum atomic E-state index is 6.02. The zero-order chi connectivity index (χ0) is 14.6. The van der Waals surface area contributed by atoms with Gasteiger partial charge in [0.05, 0.1) is 6.61 Å². The van der Waals surface area contributed by atoms with Gasteiger partial charge in [-0.05, 0) is 31.2 Å². The van der Waals surface area contributed by atoms with E-state index in [1.54, 1.807) is 38.3 Å². The monoisotopic (exact) mass is 297 g/mol. The molecule has 0 spiro atoms. The molecule has 20 heavy (non-hydrogen) atoms. The minimum atomic E-state index is -0.795. The lowest BCUT2D eigenvalue weighted by Crippen LogP contribution is -2.39. The summed E-state index contributed by atoms with van der Waals surface area (Å²) in [6.07, 6.45) is 0. The molecule has 0 bridgehead atoms. The Bertz CT molecular complexity index is 554. The average molecular weight is 298 g/mol. The number of nitrogens with two attached hydrogens (primary N) is 1. The standard InChI is InChI=1S/C13H16ClN3O3/c1-13(15,8-18-2)12-16-11(20-17-12)7-19-10-5-3-9(14)4-6-10/h3-6H,7-8,15H2,1-2H3. The van der Waals surface area contributed by atoms with E-state index in [-0.39, 0.29) is 6.61 Å². The fourth-order valence-corrected chi connectivity index (χ4v) is 1.71. The second-order valence-electron chi connectivity index (χ2n) is 4.60. The molecule has 1 heterocycles. The smallest absolute Gasteiger partial charge is 0.264 e. The third-order valence-electron chi connectivity index (χ3n) is 2.60. The number of aromatic nitrogens is 2. The first-order chi connectivity index (χ1) is 9.51. The largest absolute Gasteiger partial charge is 0.484 e. The van der Waals surface area contributed by atoms with Gasteiger partial charge >= 0.3 is 0 Å². The van der Waals surface area contributed by atoms with Gasteiger partial charge in [-0.2, -0.15) is 4.98 Å². The van der Waals surface area contributed by atoms with Crippen molar-refractivity contribution in [2.75, 3.05) is 13.7 Å². The maximum Gasteiger partial charge on any atom is 0.264 e. The Labute approximate surface area is 121 Å². The molecule has 2 aromatic rings. The van der Waals surface area contributed by atoms with Crippen LogP contribution in [0.1, 0.15) is 18.6 Å². The SMILES string of the molecule is COCC(C)(N)c1noc(COc2ccc(Cl)cc2)n1. The Morgan fingerprint density at radius 3 is 2.70 bits per heavy atom. The van der Waals surface area contributed by atoms with Crippen molar-refractivity contribution < 1.29 is 14.0 Å². The number of hydrogen-bond acceptors (Lipinski definition) is 6. The molecule has 108 valence electrons. The van der Waals surface area contributed by atoms with E-state index in [1.807, 2.05) is 0 Å². The zero-order valence-electron chi connectivity index (χ0n) is 11.3. The van der Waals surface area contributed by atoms with Crippen LogP contribution in [0.3, 0.4) is 0 Å². The molecule has 0 aliphatic heterocycles. The van der Waals surface area contributed by atoms with E-state index < -0.39 is 5.54 Å². The minimum absolute atomic E-state index is 0.164. The predicted molar refractivity (Wildman–Crippen MR) is 73.5 cm³/mol. The lowest BCUT2D eigenvalue weighted by molar-refractivity contribution is 0.134. The summed E-state index contributed by atoms with van der Waals surface area (Å²) >= 11 is 5.79. The Morgan fingerprint density at radius 2 is 2.05 bits per heavy atom. The van der Waals surface area contributed by atoms with Gasteiger partial charge in [0.1, 0.15) is 11.3 Å². The summed E-state index contributed by atoms with van der Waals surface area (Å²) in [7, 11) is 1.57.